The normalized spacial score (nSPS) is 14.6. The maximum absolute atomic E-state index is 7.55. The van der Waals surface area contributed by atoms with Crippen molar-refractivity contribution in [2.45, 2.75) is 26.2 Å². The lowest BCUT2D eigenvalue weighted by Gasteiger charge is -2.24. The van der Waals surface area contributed by atoms with Gasteiger partial charge < -0.3 is 10.6 Å². The van der Waals surface area contributed by atoms with Crippen molar-refractivity contribution in [3.63, 3.8) is 0 Å². The van der Waals surface area contributed by atoms with Crippen molar-refractivity contribution < 1.29 is 0 Å². The maximum atomic E-state index is 7.55. The molecule has 1 fully saturated rings. The van der Waals surface area contributed by atoms with Crippen LogP contribution >= 0.6 is 0 Å². The van der Waals surface area contributed by atoms with E-state index < -0.39 is 0 Å². The summed E-state index contributed by atoms with van der Waals surface area (Å²) in [4.78, 5) is 10.7. The van der Waals surface area contributed by atoms with Gasteiger partial charge in [0.05, 0.1) is 0 Å². The Morgan fingerprint density at radius 1 is 1.47 bits per heavy atom. The number of hydrogen-bond acceptors (Lipinski definition) is 4. The third kappa shape index (κ3) is 2.93. The second kappa shape index (κ2) is 5.12. The number of anilines is 1. The van der Waals surface area contributed by atoms with Crippen LogP contribution in [-0.2, 0) is 0 Å². The molecule has 1 aliphatic rings. The lowest BCUT2D eigenvalue weighted by molar-refractivity contribution is 0.696. The molecule has 0 saturated heterocycles. The third-order valence-electron chi connectivity index (χ3n) is 2.90. The van der Waals surface area contributed by atoms with Gasteiger partial charge in [0.1, 0.15) is 11.5 Å². The summed E-state index contributed by atoms with van der Waals surface area (Å²) >= 11 is 0. The van der Waals surface area contributed by atoms with Crippen LogP contribution in [0.3, 0.4) is 0 Å². The van der Waals surface area contributed by atoms with Gasteiger partial charge in [-0.05, 0) is 25.2 Å². The fraction of sp³-hybridized carbons (Fsp3) is 0.583. The van der Waals surface area contributed by atoms with Gasteiger partial charge in [0.25, 0.3) is 0 Å². The molecular weight excluding hydrogens is 214 g/mol. The molecule has 1 saturated carbocycles. The van der Waals surface area contributed by atoms with E-state index in [1.54, 1.807) is 12.4 Å². The monoisotopic (exact) mass is 233 g/mol. The van der Waals surface area contributed by atoms with Crippen LogP contribution < -0.4 is 10.6 Å². The van der Waals surface area contributed by atoms with Gasteiger partial charge in [-0.3, -0.25) is 5.41 Å². The zero-order valence-corrected chi connectivity index (χ0v) is 10.2. The van der Waals surface area contributed by atoms with Crippen molar-refractivity contribution in [2.24, 2.45) is 11.7 Å². The van der Waals surface area contributed by atoms with Gasteiger partial charge >= 0.3 is 0 Å². The number of nitrogens with zero attached hydrogens (tertiary/aromatic N) is 3. The van der Waals surface area contributed by atoms with Crippen molar-refractivity contribution in [3.8, 4) is 0 Å². The van der Waals surface area contributed by atoms with E-state index in [1.807, 2.05) is 0 Å². The minimum absolute atomic E-state index is 0.00926. The zero-order valence-electron chi connectivity index (χ0n) is 10.2. The summed E-state index contributed by atoms with van der Waals surface area (Å²) in [5.74, 6) is 1.53. The molecule has 0 aromatic carbocycles. The van der Waals surface area contributed by atoms with Gasteiger partial charge in [0.2, 0.25) is 0 Å². The zero-order chi connectivity index (χ0) is 12.3. The number of hydrogen-bond donors (Lipinski definition) is 2. The molecule has 3 N–H and O–H groups in total. The number of nitrogens with two attached hydrogens (primary N) is 1. The topological polar surface area (TPSA) is 78.9 Å². The number of aromatic nitrogens is 2. The average Bonchev–Trinajstić information content (AvgIpc) is 3.12. The molecule has 92 valence electrons. The van der Waals surface area contributed by atoms with Crippen LogP contribution in [0.5, 0.6) is 0 Å². The van der Waals surface area contributed by atoms with Crippen LogP contribution in [0.15, 0.2) is 12.4 Å². The van der Waals surface area contributed by atoms with Crippen molar-refractivity contribution >= 4 is 11.7 Å². The van der Waals surface area contributed by atoms with Crippen molar-refractivity contribution in [3.05, 3.63) is 18.1 Å². The Hall–Kier alpha value is -1.65. The fourth-order valence-corrected chi connectivity index (χ4v) is 1.92. The predicted octanol–water partition coefficient (Wildman–Crippen LogP) is 1.39. The first-order valence-corrected chi connectivity index (χ1v) is 6.12. The molecule has 5 nitrogen and oxygen atoms in total. The van der Waals surface area contributed by atoms with Gasteiger partial charge in [-0.1, -0.05) is 6.92 Å². The molecular formula is C12H19N5. The highest BCUT2D eigenvalue weighted by Gasteiger charge is 2.26. The average molecular weight is 233 g/mol. The summed E-state index contributed by atoms with van der Waals surface area (Å²) in [5, 5.41) is 7.55. The van der Waals surface area contributed by atoms with Crippen molar-refractivity contribution in [1.29, 1.82) is 5.41 Å². The lowest BCUT2D eigenvalue weighted by Crippen LogP contribution is -2.30. The van der Waals surface area contributed by atoms with Gasteiger partial charge in [-0.15, -0.1) is 0 Å². The van der Waals surface area contributed by atoms with Gasteiger partial charge in [0.15, 0.2) is 5.82 Å². The van der Waals surface area contributed by atoms with Crippen LogP contribution in [-0.4, -0.2) is 28.9 Å². The van der Waals surface area contributed by atoms with Crippen LogP contribution in [0.1, 0.15) is 31.9 Å². The lowest BCUT2D eigenvalue weighted by atomic mass is 10.3. The summed E-state index contributed by atoms with van der Waals surface area (Å²) in [6.45, 7) is 4.09. The minimum Gasteiger partial charge on any atom is -0.382 e. The van der Waals surface area contributed by atoms with E-state index in [0.29, 0.717) is 5.69 Å². The Balaban J connectivity index is 2.23. The Kier molecular flexibility index (Phi) is 3.56. The molecule has 0 radical (unpaired) electrons. The molecule has 0 aliphatic heterocycles. The summed E-state index contributed by atoms with van der Waals surface area (Å²) in [6.07, 6.45) is 6.91. The molecule has 0 spiro atoms. The number of amidine groups is 1. The highest BCUT2D eigenvalue weighted by Crippen LogP contribution is 2.31. The largest absolute Gasteiger partial charge is 0.382 e. The molecule has 5 heteroatoms. The van der Waals surface area contributed by atoms with Crippen LogP contribution in [0, 0.1) is 11.3 Å². The highest BCUT2D eigenvalue weighted by atomic mass is 15.2. The third-order valence-corrected chi connectivity index (χ3v) is 2.90. The summed E-state index contributed by atoms with van der Waals surface area (Å²) < 4.78 is 0. The van der Waals surface area contributed by atoms with Crippen LogP contribution in [0.4, 0.5) is 5.82 Å². The van der Waals surface area contributed by atoms with Crippen LogP contribution in [0.2, 0.25) is 0 Å². The molecule has 1 aromatic rings. The Morgan fingerprint density at radius 3 is 2.76 bits per heavy atom. The highest BCUT2D eigenvalue weighted by molar-refractivity contribution is 5.97. The van der Waals surface area contributed by atoms with E-state index in [0.717, 1.165) is 31.2 Å². The standard InChI is InChI=1S/C12H19N5/c1-2-7-17(8-9-3-4-9)12-10(11(13)14)15-5-6-16-12/h5-6,9H,2-4,7-8H2,1H3,(H3,13,14). The molecule has 17 heavy (non-hydrogen) atoms. The number of nitrogen functional groups attached to an aromatic ring is 1. The molecule has 0 unspecified atom stereocenters. The maximum Gasteiger partial charge on any atom is 0.158 e. The molecule has 0 bridgehead atoms. The SMILES string of the molecule is CCCN(CC1CC1)c1nccnc1C(=N)N. The Morgan fingerprint density at radius 2 is 2.18 bits per heavy atom. The van der Waals surface area contributed by atoms with E-state index in [9.17, 15) is 0 Å². The van der Waals surface area contributed by atoms with E-state index in [2.05, 4.69) is 21.8 Å². The second-order valence-electron chi connectivity index (χ2n) is 4.53. The number of rotatable bonds is 6. The smallest absolute Gasteiger partial charge is 0.158 e. The van der Waals surface area contributed by atoms with Gasteiger partial charge in [-0.2, -0.15) is 0 Å². The van der Waals surface area contributed by atoms with Crippen molar-refractivity contribution in [2.75, 3.05) is 18.0 Å². The van der Waals surface area contributed by atoms with Crippen molar-refractivity contribution in [1.82, 2.24) is 9.97 Å². The van der Waals surface area contributed by atoms with E-state index in [1.165, 1.54) is 12.8 Å². The Labute approximate surface area is 102 Å². The minimum atomic E-state index is -0.00926. The van der Waals surface area contributed by atoms with Gasteiger partial charge in [-0.25, -0.2) is 9.97 Å². The first-order chi connectivity index (χ1) is 8.22. The first-order valence-electron chi connectivity index (χ1n) is 6.12. The van der Waals surface area contributed by atoms with Crippen LogP contribution in [0.25, 0.3) is 0 Å². The van der Waals surface area contributed by atoms with E-state index >= 15 is 0 Å². The summed E-state index contributed by atoms with van der Waals surface area (Å²) in [7, 11) is 0. The molecule has 0 amide bonds. The summed E-state index contributed by atoms with van der Waals surface area (Å²) in [6, 6.07) is 0. The molecule has 0 atom stereocenters. The predicted molar refractivity (Wildman–Crippen MR) is 68.3 cm³/mol. The quantitative estimate of drug-likeness (QED) is 0.575. The van der Waals surface area contributed by atoms with Gasteiger partial charge in [0, 0.05) is 25.5 Å². The molecule has 1 aliphatic carbocycles. The second-order valence-corrected chi connectivity index (χ2v) is 4.53. The first kappa shape index (κ1) is 11.8. The molecule has 2 rings (SSSR count). The molecule has 1 heterocycles. The van der Waals surface area contributed by atoms with E-state index in [-0.39, 0.29) is 5.84 Å². The molecule has 1 aromatic heterocycles. The Bertz CT molecular complexity index is 400. The number of nitrogens with one attached hydrogen (secondary N) is 1. The van der Waals surface area contributed by atoms with E-state index in [4.69, 9.17) is 11.1 Å². The fourth-order valence-electron chi connectivity index (χ4n) is 1.92. The summed E-state index contributed by atoms with van der Waals surface area (Å²) in [5.41, 5.74) is 6.05.